The largest absolute Gasteiger partial charge is 0.319 e. The Bertz CT molecular complexity index is 599. The number of rotatable bonds is 2. The maximum Gasteiger partial charge on any atom is 0.255 e. The van der Waals surface area contributed by atoms with E-state index in [0.717, 1.165) is 5.56 Å². The Labute approximate surface area is 115 Å². The van der Waals surface area contributed by atoms with Crippen LogP contribution in [0.15, 0.2) is 36.5 Å². The Morgan fingerprint density at radius 3 is 2.78 bits per heavy atom. The second kappa shape index (κ2) is 5.38. The van der Waals surface area contributed by atoms with Crippen molar-refractivity contribution in [2.75, 3.05) is 5.32 Å². The van der Waals surface area contributed by atoms with Gasteiger partial charge >= 0.3 is 0 Å². The second-order valence-corrected chi connectivity index (χ2v) is 4.61. The second-order valence-electron chi connectivity index (χ2n) is 3.82. The third-order valence-electron chi connectivity index (χ3n) is 2.31. The van der Waals surface area contributed by atoms with Crippen LogP contribution in [-0.2, 0) is 0 Å². The molecule has 0 saturated heterocycles. The first-order chi connectivity index (χ1) is 8.56. The number of pyridine rings is 1. The maximum absolute atomic E-state index is 12.0. The van der Waals surface area contributed by atoms with Gasteiger partial charge in [-0.1, -0.05) is 29.3 Å². The molecule has 0 bridgehead atoms. The number of anilines is 1. The molecule has 2 rings (SSSR count). The van der Waals surface area contributed by atoms with E-state index in [4.69, 9.17) is 23.2 Å². The lowest BCUT2D eigenvalue weighted by Crippen LogP contribution is -2.12. The van der Waals surface area contributed by atoms with Gasteiger partial charge in [-0.3, -0.25) is 4.79 Å². The van der Waals surface area contributed by atoms with Crippen molar-refractivity contribution in [3.63, 3.8) is 0 Å². The van der Waals surface area contributed by atoms with Crippen LogP contribution in [0.2, 0.25) is 10.2 Å². The maximum atomic E-state index is 12.0. The zero-order chi connectivity index (χ0) is 13.1. The molecule has 5 heteroatoms. The molecule has 18 heavy (non-hydrogen) atoms. The quantitative estimate of drug-likeness (QED) is 0.847. The summed E-state index contributed by atoms with van der Waals surface area (Å²) in [7, 11) is 0. The fourth-order valence-electron chi connectivity index (χ4n) is 1.46. The summed E-state index contributed by atoms with van der Waals surface area (Å²) in [5.74, 6) is -0.271. The Morgan fingerprint density at radius 1 is 1.28 bits per heavy atom. The summed E-state index contributed by atoms with van der Waals surface area (Å²) in [5, 5.41) is 3.47. The van der Waals surface area contributed by atoms with Crippen molar-refractivity contribution in [3.05, 3.63) is 57.8 Å². The van der Waals surface area contributed by atoms with Crippen molar-refractivity contribution < 1.29 is 4.79 Å². The minimum atomic E-state index is -0.271. The third kappa shape index (κ3) is 3.00. The predicted molar refractivity (Wildman–Crippen MR) is 73.4 cm³/mol. The van der Waals surface area contributed by atoms with Gasteiger partial charge in [0.25, 0.3) is 5.91 Å². The van der Waals surface area contributed by atoms with Gasteiger partial charge in [0.15, 0.2) is 5.15 Å². The van der Waals surface area contributed by atoms with Crippen molar-refractivity contribution in [2.24, 2.45) is 0 Å². The normalized spacial score (nSPS) is 10.2. The standard InChI is InChI=1S/C13H10Cl2N2O/c1-8-5-11(12(15)16-7-8)17-13(18)9-3-2-4-10(14)6-9/h2-7H,1H3,(H,17,18). The molecule has 1 amide bonds. The Balaban J connectivity index is 2.24. The van der Waals surface area contributed by atoms with Crippen molar-refractivity contribution in [3.8, 4) is 0 Å². The summed E-state index contributed by atoms with van der Waals surface area (Å²) < 4.78 is 0. The van der Waals surface area contributed by atoms with E-state index < -0.39 is 0 Å². The summed E-state index contributed by atoms with van der Waals surface area (Å²) in [4.78, 5) is 15.9. The van der Waals surface area contributed by atoms with Crippen LogP contribution in [0.3, 0.4) is 0 Å². The molecule has 0 unspecified atom stereocenters. The molecule has 2 aromatic rings. The number of hydrogen-bond acceptors (Lipinski definition) is 2. The molecule has 0 saturated carbocycles. The van der Waals surface area contributed by atoms with Gasteiger partial charge in [-0.05, 0) is 36.8 Å². The fraction of sp³-hybridized carbons (Fsp3) is 0.0769. The summed E-state index contributed by atoms with van der Waals surface area (Å²) in [6.45, 7) is 1.87. The molecule has 1 aromatic heterocycles. The molecule has 92 valence electrons. The van der Waals surface area contributed by atoms with Gasteiger partial charge in [-0.2, -0.15) is 0 Å². The van der Waals surface area contributed by atoms with Crippen LogP contribution in [0, 0.1) is 6.92 Å². The van der Waals surface area contributed by atoms with Crippen LogP contribution in [0.4, 0.5) is 5.69 Å². The zero-order valence-electron chi connectivity index (χ0n) is 9.58. The molecule has 0 aliphatic rings. The van der Waals surface area contributed by atoms with Crippen molar-refractivity contribution in [1.29, 1.82) is 0 Å². The highest BCUT2D eigenvalue weighted by atomic mass is 35.5. The Hall–Kier alpha value is -1.58. The molecule has 1 aromatic carbocycles. The average molecular weight is 281 g/mol. The molecule has 0 spiro atoms. The predicted octanol–water partition coefficient (Wildman–Crippen LogP) is 3.95. The lowest BCUT2D eigenvalue weighted by Gasteiger charge is -2.07. The van der Waals surface area contributed by atoms with Crippen molar-refractivity contribution >= 4 is 34.8 Å². The monoisotopic (exact) mass is 280 g/mol. The smallest absolute Gasteiger partial charge is 0.255 e. The van der Waals surface area contributed by atoms with Crippen LogP contribution in [0.25, 0.3) is 0 Å². The fourth-order valence-corrected chi connectivity index (χ4v) is 1.81. The highest BCUT2D eigenvalue weighted by molar-refractivity contribution is 6.33. The lowest BCUT2D eigenvalue weighted by atomic mass is 10.2. The number of carbonyl (C=O) groups is 1. The summed E-state index contributed by atoms with van der Waals surface area (Å²) in [6.07, 6.45) is 1.64. The summed E-state index contributed by atoms with van der Waals surface area (Å²) >= 11 is 11.7. The van der Waals surface area contributed by atoms with Crippen LogP contribution < -0.4 is 5.32 Å². The third-order valence-corrected chi connectivity index (χ3v) is 2.85. The first kappa shape index (κ1) is 12.9. The van der Waals surface area contributed by atoms with Gasteiger partial charge in [0, 0.05) is 16.8 Å². The number of amides is 1. The van der Waals surface area contributed by atoms with E-state index in [0.29, 0.717) is 16.3 Å². The number of nitrogens with zero attached hydrogens (tertiary/aromatic N) is 1. The van der Waals surface area contributed by atoms with E-state index in [1.807, 2.05) is 6.92 Å². The minimum absolute atomic E-state index is 0.260. The van der Waals surface area contributed by atoms with Crippen molar-refractivity contribution in [1.82, 2.24) is 4.98 Å². The van der Waals surface area contributed by atoms with E-state index in [9.17, 15) is 4.79 Å². The van der Waals surface area contributed by atoms with E-state index >= 15 is 0 Å². The molecular weight excluding hydrogens is 271 g/mol. The van der Waals surface area contributed by atoms with Gasteiger partial charge < -0.3 is 5.32 Å². The van der Waals surface area contributed by atoms with E-state index in [1.54, 1.807) is 36.5 Å². The van der Waals surface area contributed by atoms with Gasteiger partial charge in [-0.25, -0.2) is 4.98 Å². The first-order valence-electron chi connectivity index (χ1n) is 5.25. The van der Waals surface area contributed by atoms with Crippen LogP contribution >= 0.6 is 23.2 Å². The number of hydrogen-bond donors (Lipinski definition) is 1. The molecule has 3 nitrogen and oxygen atoms in total. The molecule has 0 aliphatic heterocycles. The van der Waals surface area contributed by atoms with Crippen molar-refractivity contribution in [2.45, 2.75) is 6.92 Å². The first-order valence-corrected chi connectivity index (χ1v) is 6.01. The van der Waals surface area contributed by atoms with Gasteiger partial charge in [0.2, 0.25) is 0 Å². The van der Waals surface area contributed by atoms with Gasteiger partial charge in [-0.15, -0.1) is 0 Å². The topological polar surface area (TPSA) is 42.0 Å². The molecule has 0 atom stereocenters. The highest BCUT2D eigenvalue weighted by Crippen LogP contribution is 2.21. The summed E-state index contributed by atoms with van der Waals surface area (Å²) in [5.41, 5.74) is 1.88. The number of aryl methyl sites for hydroxylation is 1. The lowest BCUT2D eigenvalue weighted by molar-refractivity contribution is 0.102. The number of nitrogens with one attached hydrogen (secondary N) is 1. The Morgan fingerprint density at radius 2 is 2.06 bits per heavy atom. The zero-order valence-corrected chi connectivity index (χ0v) is 11.1. The number of aromatic nitrogens is 1. The van der Waals surface area contributed by atoms with Crippen LogP contribution in [-0.4, -0.2) is 10.9 Å². The molecular formula is C13H10Cl2N2O. The molecule has 0 fully saturated rings. The van der Waals surface area contributed by atoms with Gasteiger partial charge in [0.1, 0.15) is 0 Å². The Kier molecular flexibility index (Phi) is 3.84. The average Bonchev–Trinajstić information content (AvgIpc) is 2.34. The molecule has 0 aliphatic carbocycles. The highest BCUT2D eigenvalue weighted by Gasteiger charge is 2.09. The molecule has 0 radical (unpaired) electrons. The minimum Gasteiger partial charge on any atom is -0.319 e. The van der Waals surface area contributed by atoms with Crippen LogP contribution in [0.5, 0.6) is 0 Å². The van der Waals surface area contributed by atoms with E-state index in [-0.39, 0.29) is 11.1 Å². The molecule has 1 heterocycles. The number of carbonyl (C=O) groups excluding carboxylic acids is 1. The number of benzene rings is 1. The SMILES string of the molecule is Cc1cnc(Cl)c(NC(=O)c2cccc(Cl)c2)c1. The number of halogens is 2. The summed E-state index contributed by atoms with van der Waals surface area (Å²) in [6, 6.07) is 8.46. The van der Waals surface area contributed by atoms with E-state index in [1.165, 1.54) is 0 Å². The van der Waals surface area contributed by atoms with Crippen LogP contribution in [0.1, 0.15) is 15.9 Å². The molecule has 1 N–H and O–H groups in total. The van der Waals surface area contributed by atoms with Gasteiger partial charge in [0.05, 0.1) is 5.69 Å². The van der Waals surface area contributed by atoms with E-state index in [2.05, 4.69) is 10.3 Å².